The number of benzene rings is 1. The Hall–Kier alpha value is -3.69. The van der Waals surface area contributed by atoms with E-state index in [9.17, 15) is 18.0 Å². The number of hydrogen-bond acceptors (Lipinski definition) is 5. The largest absolute Gasteiger partial charge is 0.432 e. The molecule has 0 unspecified atom stereocenters. The molecule has 2 aromatic heterocycles. The SMILES string of the molecule is CN/C(=C\C(=N)C(F)(F)F)NC(=O)c1ccc2cc(-c3ccnn3C)cnc2c1. The second-order valence-electron chi connectivity index (χ2n) is 6.15. The van der Waals surface area contributed by atoms with E-state index in [1.165, 1.54) is 7.05 Å². The summed E-state index contributed by atoms with van der Waals surface area (Å²) in [5.74, 6) is -0.864. The lowest BCUT2D eigenvalue weighted by molar-refractivity contribution is -0.0584. The van der Waals surface area contributed by atoms with E-state index in [0.29, 0.717) is 11.6 Å². The van der Waals surface area contributed by atoms with Gasteiger partial charge in [-0.15, -0.1) is 0 Å². The number of alkyl halides is 3. The number of carbonyl (C=O) groups is 1. The van der Waals surface area contributed by atoms with Crippen LogP contribution < -0.4 is 10.6 Å². The van der Waals surface area contributed by atoms with E-state index in [0.717, 1.165) is 16.6 Å². The van der Waals surface area contributed by atoms with Crippen LogP contribution in [0.1, 0.15) is 10.4 Å². The van der Waals surface area contributed by atoms with E-state index in [1.54, 1.807) is 35.3 Å². The normalized spacial score (nSPS) is 12.1. The number of halogens is 3. The Bertz CT molecular complexity index is 1120. The number of aromatic nitrogens is 3. The van der Waals surface area contributed by atoms with Crippen molar-refractivity contribution in [3.05, 3.63) is 60.2 Å². The molecule has 29 heavy (non-hydrogen) atoms. The molecule has 0 atom stereocenters. The van der Waals surface area contributed by atoms with Gasteiger partial charge in [-0.3, -0.25) is 19.9 Å². The fourth-order valence-corrected chi connectivity index (χ4v) is 2.65. The number of nitrogens with zero attached hydrogens (tertiary/aromatic N) is 3. The molecule has 0 aliphatic rings. The first kappa shape index (κ1) is 20.1. The molecule has 1 aromatic carbocycles. The summed E-state index contributed by atoms with van der Waals surface area (Å²) < 4.78 is 39.3. The van der Waals surface area contributed by atoms with Crippen molar-refractivity contribution in [2.45, 2.75) is 6.18 Å². The second-order valence-corrected chi connectivity index (χ2v) is 6.15. The molecule has 10 heteroatoms. The zero-order valence-electron chi connectivity index (χ0n) is 15.5. The molecule has 0 fully saturated rings. The maximum absolute atomic E-state index is 12.5. The van der Waals surface area contributed by atoms with Gasteiger partial charge in [-0.2, -0.15) is 18.3 Å². The van der Waals surface area contributed by atoms with Crippen LogP contribution in [0.15, 0.2) is 54.6 Å². The summed E-state index contributed by atoms with van der Waals surface area (Å²) in [5, 5.41) is 16.7. The van der Waals surface area contributed by atoms with Crippen LogP contribution in [0.25, 0.3) is 22.2 Å². The first-order valence-corrected chi connectivity index (χ1v) is 8.44. The number of rotatable bonds is 5. The summed E-state index contributed by atoms with van der Waals surface area (Å²) in [4.78, 5) is 16.8. The predicted octanol–water partition coefficient (Wildman–Crippen LogP) is 3.01. The molecule has 0 spiro atoms. The van der Waals surface area contributed by atoms with Gasteiger partial charge in [0.2, 0.25) is 0 Å². The van der Waals surface area contributed by atoms with Crippen LogP contribution >= 0.6 is 0 Å². The van der Waals surface area contributed by atoms with Crippen LogP contribution in [-0.2, 0) is 7.05 Å². The quantitative estimate of drug-likeness (QED) is 0.572. The maximum atomic E-state index is 12.5. The monoisotopic (exact) mass is 402 g/mol. The molecule has 0 saturated heterocycles. The Morgan fingerprint density at radius 3 is 2.62 bits per heavy atom. The van der Waals surface area contributed by atoms with Crippen LogP contribution in [-0.4, -0.2) is 39.6 Å². The van der Waals surface area contributed by atoms with Crippen LogP contribution in [0, 0.1) is 5.41 Å². The van der Waals surface area contributed by atoms with Crippen molar-refractivity contribution < 1.29 is 18.0 Å². The number of amides is 1. The highest BCUT2D eigenvalue weighted by atomic mass is 19.4. The Morgan fingerprint density at radius 1 is 1.24 bits per heavy atom. The standard InChI is InChI=1S/C19H17F3N6O/c1-24-17(9-16(23)19(20,21)22)27-18(29)12-4-3-11-7-13(10-25-14(11)8-12)15-5-6-26-28(15)2/h3-10,23-24H,1-2H3,(H,27,29)/b17-9+,23-16?. The first-order chi connectivity index (χ1) is 13.7. The Morgan fingerprint density at radius 2 is 2.00 bits per heavy atom. The van der Waals surface area contributed by atoms with Crippen LogP contribution in [0.3, 0.4) is 0 Å². The van der Waals surface area contributed by atoms with Gasteiger partial charge in [0.15, 0.2) is 0 Å². The Labute approximate surface area is 163 Å². The molecule has 0 aliphatic carbocycles. The first-order valence-electron chi connectivity index (χ1n) is 8.44. The van der Waals surface area contributed by atoms with E-state index < -0.39 is 17.8 Å². The average Bonchev–Trinajstić information content (AvgIpc) is 3.11. The van der Waals surface area contributed by atoms with Gasteiger partial charge in [0, 0.05) is 49.1 Å². The highest BCUT2D eigenvalue weighted by Gasteiger charge is 2.33. The van der Waals surface area contributed by atoms with Gasteiger partial charge < -0.3 is 10.6 Å². The average molecular weight is 402 g/mol. The molecule has 0 saturated carbocycles. The molecule has 3 rings (SSSR count). The third-order valence-corrected chi connectivity index (χ3v) is 4.17. The molecule has 0 bridgehead atoms. The molecule has 1 amide bonds. The van der Waals surface area contributed by atoms with Crippen molar-refractivity contribution in [2.75, 3.05) is 7.05 Å². The molecule has 0 radical (unpaired) electrons. The van der Waals surface area contributed by atoms with E-state index >= 15 is 0 Å². The molecule has 7 nitrogen and oxygen atoms in total. The van der Waals surface area contributed by atoms with Gasteiger partial charge in [0.25, 0.3) is 5.91 Å². The van der Waals surface area contributed by atoms with Gasteiger partial charge in [0.05, 0.1) is 11.2 Å². The lowest BCUT2D eigenvalue weighted by Gasteiger charge is -2.11. The highest BCUT2D eigenvalue weighted by Crippen LogP contribution is 2.23. The fraction of sp³-hybridized carbons (Fsp3) is 0.158. The lowest BCUT2D eigenvalue weighted by atomic mass is 10.1. The van der Waals surface area contributed by atoms with Crippen LogP contribution in [0.5, 0.6) is 0 Å². The van der Waals surface area contributed by atoms with Crippen LogP contribution in [0.2, 0.25) is 0 Å². The molecule has 3 aromatic rings. The third kappa shape index (κ3) is 4.42. The molecular weight excluding hydrogens is 385 g/mol. The van der Waals surface area contributed by atoms with E-state index in [4.69, 9.17) is 5.41 Å². The van der Waals surface area contributed by atoms with Crippen LogP contribution in [0.4, 0.5) is 13.2 Å². The van der Waals surface area contributed by atoms with Gasteiger partial charge in [-0.05, 0) is 24.3 Å². The number of carbonyl (C=O) groups excluding carboxylic acids is 1. The molecular formula is C19H17F3N6O. The molecule has 150 valence electrons. The van der Waals surface area contributed by atoms with E-state index in [2.05, 4.69) is 20.7 Å². The maximum Gasteiger partial charge on any atom is 0.432 e. The van der Waals surface area contributed by atoms with Crippen molar-refractivity contribution in [2.24, 2.45) is 7.05 Å². The summed E-state index contributed by atoms with van der Waals surface area (Å²) in [5.41, 5.74) is 0.947. The van der Waals surface area contributed by atoms with Crippen molar-refractivity contribution >= 4 is 22.5 Å². The summed E-state index contributed by atoms with van der Waals surface area (Å²) in [6.45, 7) is 0. The number of allylic oxidation sites excluding steroid dienone is 1. The van der Waals surface area contributed by atoms with Gasteiger partial charge in [-0.1, -0.05) is 6.07 Å². The highest BCUT2D eigenvalue weighted by molar-refractivity contribution is 6.01. The third-order valence-electron chi connectivity index (χ3n) is 4.17. The zero-order valence-corrected chi connectivity index (χ0v) is 15.5. The second kappa shape index (κ2) is 7.74. The van der Waals surface area contributed by atoms with E-state index in [1.807, 2.05) is 19.2 Å². The molecule has 2 heterocycles. The zero-order chi connectivity index (χ0) is 21.2. The Kier molecular flexibility index (Phi) is 5.35. The van der Waals surface area contributed by atoms with Gasteiger partial charge >= 0.3 is 6.18 Å². The number of pyridine rings is 1. The lowest BCUT2D eigenvalue weighted by Crippen LogP contribution is -2.32. The summed E-state index contributed by atoms with van der Waals surface area (Å²) in [6, 6.07) is 8.56. The van der Waals surface area contributed by atoms with Gasteiger partial charge in [0.1, 0.15) is 11.5 Å². The predicted molar refractivity (Wildman–Crippen MR) is 102 cm³/mol. The smallest absolute Gasteiger partial charge is 0.375 e. The topological polar surface area (TPSA) is 95.7 Å². The minimum atomic E-state index is -4.80. The summed E-state index contributed by atoms with van der Waals surface area (Å²) in [6.07, 6.45) is -0.953. The fourth-order valence-electron chi connectivity index (χ4n) is 2.65. The number of fused-ring (bicyclic) bond motifs is 1. The minimum Gasteiger partial charge on any atom is -0.375 e. The van der Waals surface area contributed by atoms with Crippen molar-refractivity contribution in [3.8, 4) is 11.3 Å². The van der Waals surface area contributed by atoms with E-state index in [-0.39, 0.29) is 11.4 Å². The number of aryl methyl sites for hydroxylation is 1. The van der Waals surface area contributed by atoms with Crippen molar-refractivity contribution in [1.82, 2.24) is 25.4 Å². The van der Waals surface area contributed by atoms with Crippen molar-refractivity contribution in [1.29, 1.82) is 5.41 Å². The Balaban J connectivity index is 1.84. The summed E-state index contributed by atoms with van der Waals surface area (Å²) >= 11 is 0. The minimum absolute atomic E-state index is 0.220. The number of hydrogen-bond donors (Lipinski definition) is 3. The molecule has 0 aliphatic heterocycles. The van der Waals surface area contributed by atoms with Crippen molar-refractivity contribution in [3.63, 3.8) is 0 Å². The molecule has 3 N–H and O–H groups in total. The van der Waals surface area contributed by atoms with Gasteiger partial charge in [-0.25, -0.2) is 0 Å². The summed E-state index contributed by atoms with van der Waals surface area (Å²) in [7, 11) is 3.16. The number of nitrogens with one attached hydrogen (secondary N) is 3.